The number of rotatable bonds is 8. The van der Waals surface area contributed by atoms with E-state index in [1.54, 1.807) is 0 Å². The third kappa shape index (κ3) is 9.94. The van der Waals surface area contributed by atoms with Crippen molar-refractivity contribution in [2.75, 3.05) is 32.8 Å². The van der Waals surface area contributed by atoms with Gasteiger partial charge in [0.1, 0.15) is 19.7 Å². The van der Waals surface area contributed by atoms with Crippen molar-refractivity contribution in [3.8, 4) is 0 Å². The summed E-state index contributed by atoms with van der Waals surface area (Å²) in [4.78, 5) is 32.7. The number of nitrogens with zero attached hydrogens (tertiary/aromatic N) is 1. The maximum atomic E-state index is 11.7. The Labute approximate surface area is 111 Å². The predicted octanol–water partition coefficient (Wildman–Crippen LogP) is -0.254. The lowest BCUT2D eigenvalue weighted by atomic mass is 10.5. The number of hydrogen-bond donors (Lipinski definition) is 3. The number of urea groups is 1. The normalized spacial score (nSPS) is 10.9. The fourth-order valence-corrected chi connectivity index (χ4v) is 1.06. The van der Waals surface area contributed by atoms with Crippen LogP contribution >= 0.6 is 0 Å². The van der Waals surface area contributed by atoms with Gasteiger partial charge in [-0.15, -0.1) is 0 Å². The van der Waals surface area contributed by atoms with Crippen molar-refractivity contribution in [1.29, 1.82) is 0 Å². The van der Waals surface area contributed by atoms with E-state index in [-0.39, 0.29) is 6.54 Å². The molecule has 0 aromatic heterocycles. The Kier molecular flexibility index (Phi) is 7.36. The number of carboxylic acids is 2. The van der Waals surface area contributed by atoms with E-state index in [1.165, 1.54) is 0 Å². The Morgan fingerprint density at radius 3 is 2.00 bits per heavy atom. The molecule has 0 aliphatic rings. The zero-order valence-corrected chi connectivity index (χ0v) is 10.1. The maximum Gasteiger partial charge on any atom is 0.411 e. The van der Waals surface area contributed by atoms with Crippen LogP contribution < -0.4 is 5.32 Å². The molecule has 0 atom stereocenters. The molecule has 0 unspecified atom stereocenters. The summed E-state index contributed by atoms with van der Waals surface area (Å²) in [6.07, 6.45) is -4.48. The molecule has 3 N–H and O–H groups in total. The maximum absolute atomic E-state index is 11.7. The lowest BCUT2D eigenvalue weighted by Gasteiger charge is -2.19. The minimum atomic E-state index is -4.48. The van der Waals surface area contributed by atoms with E-state index >= 15 is 0 Å². The Hall–Kier alpha value is -2.04. The second kappa shape index (κ2) is 8.19. The molecule has 0 heterocycles. The molecule has 0 bridgehead atoms. The summed E-state index contributed by atoms with van der Waals surface area (Å²) in [5.74, 6) is -2.84. The number of alkyl halides is 3. The third-order valence-electron chi connectivity index (χ3n) is 1.73. The SMILES string of the molecule is O=C(O)CN(CC(=O)O)C(=O)NCCOCC(F)(F)F. The van der Waals surface area contributed by atoms with Gasteiger partial charge in [-0.3, -0.25) is 9.59 Å². The molecular weight excluding hydrogens is 289 g/mol. The highest BCUT2D eigenvalue weighted by Gasteiger charge is 2.27. The van der Waals surface area contributed by atoms with Crippen LogP contribution in [0.5, 0.6) is 0 Å². The second-order valence-corrected chi connectivity index (χ2v) is 3.54. The van der Waals surface area contributed by atoms with Crippen LogP contribution in [0, 0.1) is 0 Å². The first-order valence-electron chi connectivity index (χ1n) is 5.22. The van der Waals surface area contributed by atoms with Crippen LogP contribution in [0.4, 0.5) is 18.0 Å². The van der Waals surface area contributed by atoms with E-state index in [9.17, 15) is 27.6 Å². The van der Waals surface area contributed by atoms with Crippen LogP contribution in [0.3, 0.4) is 0 Å². The Balaban J connectivity index is 4.07. The van der Waals surface area contributed by atoms with Crippen molar-refractivity contribution < 1.29 is 42.5 Å². The van der Waals surface area contributed by atoms with E-state index in [1.807, 2.05) is 5.32 Å². The van der Waals surface area contributed by atoms with Crippen LogP contribution in [-0.4, -0.2) is 72.1 Å². The average Bonchev–Trinajstić information content (AvgIpc) is 2.24. The summed E-state index contributed by atoms with van der Waals surface area (Å²) in [7, 11) is 0. The second-order valence-electron chi connectivity index (χ2n) is 3.54. The van der Waals surface area contributed by atoms with Crippen molar-refractivity contribution in [2.24, 2.45) is 0 Å². The number of nitrogens with one attached hydrogen (secondary N) is 1. The van der Waals surface area contributed by atoms with E-state index in [2.05, 4.69) is 4.74 Å². The monoisotopic (exact) mass is 302 g/mol. The van der Waals surface area contributed by atoms with E-state index in [0.717, 1.165) is 0 Å². The summed E-state index contributed by atoms with van der Waals surface area (Å²) in [6.45, 7) is -3.93. The number of aliphatic carboxylic acids is 2. The number of carbonyl (C=O) groups is 3. The topological polar surface area (TPSA) is 116 Å². The number of amides is 2. The average molecular weight is 302 g/mol. The molecule has 0 rings (SSSR count). The van der Waals surface area contributed by atoms with Crippen LogP contribution in [0.25, 0.3) is 0 Å². The first-order valence-corrected chi connectivity index (χ1v) is 5.22. The summed E-state index contributed by atoms with van der Waals surface area (Å²) >= 11 is 0. The minimum absolute atomic E-state index is 0.315. The summed E-state index contributed by atoms with van der Waals surface area (Å²) in [5, 5.41) is 19.0. The fraction of sp³-hybridized carbons (Fsp3) is 0.667. The third-order valence-corrected chi connectivity index (χ3v) is 1.73. The first-order chi connectivity index (χ1) is 9.11. The number of carbonyl (C=O) groups excluding carboxylic acids is 1. The highest BCUT2D eigenvalue weighted by Crippen LogP contribution is 2.13. The molecule has 0 saturated heterocycles. The summed E-state index contributed by atoms with van der Waals surface area (Å²) < 4.78 is 39.3. The van der Waals surface area contributed by atoms with Crippen LogP contribution in [-0.2, 0) is 14.3 Å². The van der Waals surface area contributed by atoms with Gasteiger partial charge in [0.05, 0.1) is 6.61 Å². The highest BCUT2D eigenvalue weighted by atomic mass is 19.4. The quantitative estimate of drug-likeness (QED) is 0.532. The molecule has 0 spiro atoms. The molecule has 11 heteroatoms. The first kappa shape index (κ1) is 18.0. The Bertz CT molecular complexity index is 344. The van der Waals surface area contributed by atoms with Gasteiger partial charge in [0, 0.05) is 6.54 Å². The van der Waals surface area contributed by atoms with Crippen molar-refractivity contribution in [3.63, 3.8) is 0 Å². The van der Waals surface area contributed by atoms with Crippen LogP contribution in [0.2, 0.25) is 0 Å². The molecular formula is C9H13F3N2O6. The van der Waals surface area contributed by atoms with Gasteiger partial charge < -0.3 is 25.2 Å². The summed E-state index contributed by atoms with van der Waals surface area (Å²) in [5.41, 5.74) is 0. The number of ether oxygens (including phenoxy) is 1. The zero-order chi connectivity index (χ0) is 15.8. The fourth-order valence-electron chi connectivity index (χ4n) is 1.06. The highest BCUT2D eigenvalue weighted by molar-refractivity contribution is 5.84. The molecule has 2 amide bonds. The van der Waals surface area contributed by atoms with E-state index in [0.29, 0.717) is 4.90 Å². The van der Waals surface area contributed by atoms with Gasteiger partial charge >= 0.3 is 24.1 Å². The molecule has 20 heavy (non-hydrogen) atoms. The van der Waals surface area contributed by atoms with Gasteiger partial charge in [0.15, 0.2) is 0 Å². The Morgan fingerprint density at radius 1 is 1.10 bits per heavy atom. The van der Waals surface area contributed by atoms with Gasteiger partial charge in [-0.05, 0) is 0 Å². The molecule has 0 aliphatic heterocycles. The van der Waals surface area contributed by atoms with E-state index < -0.39 is 50.4 Å². The van der Waals surface area contributed by atoms with Crippen molar-refractivity contribution in [1.82, 2.24) is 10.2 Å². The minimum Gasteiger partial charge on any atom is -0.480 e. The van der Waals surface area contributed by atoms with Crippen molar-refractivity contribution in [3.05, 3.63) is 0 Å². The van der Waals surface area contributed by atoms with Gasteiger partial charge in [0.2, 0.25) is 0 Å². The van der Waals surface area contributed by atoms with Gasteiger partial charge in [-0.2, -0.15) is 13.2 Å². The molecule has 0 aliphatic carbocycles. The molecule has 0 fully saturated rings. The van der Waals surface area contributed by atoms with Crippen LogP contribution in [0.1, 0.15) is 0 Å². The van der Waals surface area contributed by atoms with Crippen molar-refractivity contribution in [2.45, 2.75) is 6.18 Å². The molecule has 0 aromatic rings. The van der Waals surface area contributed by atoms with E-state index in [4.69, 9.17) is 10.2 Å². The largest absolute Gasteiger partial charge is 0.480 e. The van der Waals surface area contributed by atoms with Crippen molar-refractivity contribution >= 4 is 18.0 Å². The molecule has 0 saturated carbocycles. The standard InChI is InChI=1S/C9H13F3N2O6/c10-9(11,12)5-20-2-1-13-8(19)14(3-6(15)16)4-7(17)18/h1-5H2,(H,13,19)(H,15,16)(H,17,18). The number of carboxylic acid groups (broad SMARTS) is 2. The molecule has 8 nitrogen and oxygen atoms in total. The number of halogens is 3. The lowest BCUT2D eigenvalue weighted by molar-refractivity contribution is -0.173. The number of hydrogen-bond acceptors (Lipinski definition) is 4. The van der Waals surface area contributed by atoms with Gasteiger partial charge in [-0.25, -0.2) is 4.79 Å². The lowest BCUT2D eigenvalue weighted by Crippen LogP contribution is -2.46. The van der Waals surface area contributed by atoms with Crippen LogP contribution in [0.15, 0.2) is 0 Å². The predicted molar refractivity (Wildman–Crippen MR) is 57.1 cm³/mol. The molecule has 0 aromatic carbocycles. The smallest absolute Gasteiger partial charge is 0.411 e. The molecule has 116 valence electrons. The Morgan fingerprint density at radius 2 is 1.60 bits per heavy atom. The van der Waals surface area contributed by atoms with Gasteiger partial charge in [0.25, 0.3) is 0 Å². The molecule has 0 radical (unpaired) electrons. The van der Waals surface area contributed by atoms with Gasteiger partial charge in [-0.1, -0.05) is 0 Å². The summed E-state index contributed by atoms with van der Waals surface area (Å²) in [6, 6.07) is -1.02. The zero-order valence-electron chi connectivity index (χ0n) is 10.1.